The van der Waals surface area contributed by atoms with Crippen LogP contribution in [0.2, 0.25) is 0 Å². The van der Waals surface area contributed by atoms with Crippen molar-refractivity contribution in [3.05, 3.63) is 70.5 Å². The van der Waals surface area contributed by atoms with E-state index >= 15 is 0 Å². The van der Waals surface area contributed by atoms with Crippen LogP contribution in [-0.4, -0.2) is 22.3 Å². The first-order valence-corrected chi connectivity index (χ1v) is 9.61. The maximum Gasteiger partial charge on any atom is 0.416 e. The number of alkyl halides is 6. The fourth-order valence-electron chi connectivity index (χ4n) is 3.10. The van der Waals surface area contributed by atoms with Gasteiger partial charge in [0.2, 0.25) is 0 Å². The van der Waals surface area contributed by atoms with Crippen molar-refractivity contribution in [3.63, 3.8) is 0 Å². The molecule has 1 N–H and O–H groups in total. The lowest BCUT2D eigenvalue weighted by Gasteiger charge is -2.15. The number of hydrogen-bond donors (Lipinski definition) is 1. The fraction of sp³-hybridized carbons (Fsp3) is 0.273. The van der Waals surface area contributed by atoms with Crippen LogP contribution in [0.4, 0.5) is 32.0 Å². The average molecular weight is 471 g/mol. The van der Waals surface area contributed by atoms with E-state index in [2.05, 4.69) is 10.4 Å². The molecule has 176 valence electrons. The fourth-order valence-corrected chi connectivity index (χ4v) is 3.10. The molecule has 0 aliphatic rings. The Hall–Kier alpha value is -3.50. The Kier molecular flexibility index (Phi) is 6.44. The molecule has 1 amide bonds. The third-order valence-corrected chi connectivity index (χ3v) is 4.77. The Morgan fingerprint density at radius 3 is 2.00 bits per heavy atom. The second kappa shape index (κ2) is 8.80. The van der Waals surface area contributed by atoms with Crippen LogP contribution in [0.5, 0.6) is 5.75 Å². The number of anilines is 1. The highest BCUT2D eigenvalue weighted by atomic mass is 19.4. The largest absolute Gasteiger partial charge is 0.484 e. The van der Waals surface area contributed by atoms with E-state index in [9.17, 15) is 31.1 Å². The van der Waals surface area contributed by atoms with E-state index in [4.69, 9.17) is 4.74 Å². The monoisotopic (exact) mass is 471 g/mol. The van der Waals surface area contributed by atoms with Crippen molar-refractivity contribution in [2.24, 2.45) is 0 Å². The van der Waals surface area contributed by atoms with Crippen LogP contribution in [0.1, 0.15) is 28.1 Å². The minimum Gasteiger partial charge on any atom is -0.484 e. The van der Waals surface area contributed by atoms with Crippen molar-refractivity contribution in [3.8, 4) is 11.4 Å². The van der Waals surface area contributed by atoms with Crippen molar-refractivity contribution in [2.75, 3.05) is 11.9 Å². The molecular formula is C22H19F6N3O2. The molecule has 1 heterocycles. The molecule has 0 fully saturated rings. The van der Waals surface area contributed by atoms with Crippen LogP contribution < -0.4 is 10.1 Å². The molecule has 0 saturated carbocycles. The van der Waals surface area contributed by atoms with Gasteiger partial charge in [-0.15, -0.1) is 0 Å². The minimum atomic E-state index is -5.01. The maximum absolute atomic E-state index is 13.0. The predicted molar refractivity (Wildman–Crippen MR) is 108 cm³/mol. The Morgan fingerprint density at radius 2 is 1.48 bits per heavy atom. The molecule has 5 nitrogen and oxygen atoms in total. The standard InChI is InChI=1S/C22H19F6N3O2/c1-12-4-6-17(7-5-12)31-14(3)20(13(2)30-31)29-19(32)11-33-18-9-15(21(23,24)25)8-16(10-18)22(26,27)28/h4-10H,11H2,1-3H3,(H,29,32). The lowest BCUT2D eigenvalue weighted by Crippen LogP contribution is -2.21. The molecule has 33 heavy (non-hydrogen) atoms. The first kappa shape index (κ1) is 24.1. The van der Waals surface area contributed by atoms with Crippen molar-refractivity contribution < 1.29 is 35.9 Å². The summed E-state index contributed by atoms with van der Waals surface area (Å²) in [4.78, 5) is 12.3. The molecule has 0 saturated heterocycles. The molecule has 2 aromatic carbocycles. The molecule has 0 atom stereocenters. The van der Waals surface area contributed by atoms with E-state index in [-0.39, 0.29) is 6.07 Å². The van der Waals surface area contributed by atoms with Gasteiger partial charge >= 0.3 is 12.4 Å². The molecule has 3 rings (SSSR count). The van der Waals surface area contributed by atoms with Crippen molar-refractivity contribution in [1.29, 1.82) is 0 Å². The number of carbonyl (C=O) groups is 1. The smallest absolute Gasteiger partial charge is 0.416 e. The lowest BCUT2D eigenvalue weighted by molar-refractivity contribution is -0.143. The third kappa shape index (κ3) is 5.65. The Balaban J connectivity index is 1.77. The second-order valence-electron chi connectivity index (χ2n) is 7.37. The van der Waals surface area contributed by atoms with Gasteiger partial charge in [-0.25, -0.2) is 4.68 Å². The molecule has 0 aliphatic carbocycles. The van der Waals surface area contributed by atoms with E-state index in [1.54, 1.807) is 18.5 Å². The number of ether oxygens (including phenoxy) is 1. The molecule has 0 bridgehead atoms. The number of halogens is 6. The zero-order chi connectivity index (χ0) is 24.6. The number of carbonyl (C=O) groups excluding carboxylic acids is 1. The van der Waals surface area contributed by atoms with Gasteiger partial charge in [0, 0.05) is 0 Å². The van der Waals surface area contributed by atoms with Gasteiger partial charge in [-0.2, -0.15) is 31.4 Å². The van der Waals surface area contributed by atoms with E-state index in [1.165, 1.54) is 0 Å². The van der Waals surface area contributed by atoms with Crippen molar-refractivity contribution in [2.45, 2.75) is 33.1 Å². The van der Waals surface area contributed by atoms with Crippen molar-refractivity contribution in [1.82, 2.24) is 9.78 Å². The predicted octanol–water partition coefficient (Wildman–Crippen LogP) is 5.85. The summed E-state index contributed by atoms with van der Waals surface area (Å²) >= 11 is 0. The van der Waals surface area contributed by atoms with E-state index in [0.717, 1.165) is 11.3 Å². The summed E-state index contributed by atoms with van der Waals surface area (Å²) in [7, 11) is 0. The number of amides is 1. The van der Waals surface area contributed by atoms with Crippen LogP contribution >= 0.6 is 0 Å². The summed E-state index contributed by atoms with van der Waals surface area (Å²) in [5, 5.41) is 6.92. The molecule has 0 unspecified atom stereocenters. The van der Waals surface area contributed by atoms with Crippen LogP contribution in [0.25, 0.3) is 5.69 Å². The van der Waals surface area contributed by atoms with Gasteiger partial charge in [0.15, 0.2) is 6.61 Å². The number of rotatable bonds is 5. The van der Waals surface area contributed by atoms with Gasteiger partial charge in [0.05, 0.1) is 33.9 Å². The first-order valence-electron chi connectivity index (χ1n) is 9.61. The molecule has 0 radical (unpaired) electrons. The summed E-state index contributed by atoms with van der Waals surface area (Å²) in [6.07, 6.45) is -10.0. The lowest BCUT2D eigenvalue weighted by atomic mass is 10.1. The Labute approximate surface area is 185 Å². The van der Waals surface area contributed by atoms with Crippen LogP contribution in [0, 0.1) is 20.8 Å². The summed E-state index contributed by atoms with van der Waals surface area (Å²) in [6, 6.07) is 8.27. The van der Waals surface area contributed by atoms with E-state index in [0.29, 0.717) is 29.2 Å². The maximum atomic E-state index is 13.0. The topological polar surface area (TPSA) is 56.2 Å². The van der Waals surface area contributed by atoms with E-state index in [1.807, 2.05) is 31.2 Å². The summed E-state index contributed by atoms with van der Waals surface area (Å²) < 4.78 is 84.3. The number of nitrogens with one attached hydrogen (secondary N) is 1. The number of aromatic nitrogens is 2. The summed E-state index contributed by atoms with van der Waals surface area (Å²) in [5.41, 5.74) is 0.167. The molecule has 1 aromatic heterocycles. The summed E-state index contributed by atoms with van der Waals surface area (Å²) in [6.45, 7) is 4.49. The number of benzene rings is 2. The Bertz CT molecular complexity index is 1130. The number of hydrogen-bond acceptors (Lipinski definition) is 3. The normalized spacial score (nSPS) is 12.0. The third-order valence-electron chi connectivity index (χ3n) is 4.77. The molecule has 3 aromatic rings. The van der Waals surface area contributed by atoms with E-state index < -0.39 is 41.7 Å². The first-order chi connectivity index (χ1) is 15.3. The van der Waals surface area contributed by atoms with Gasteiger partial charge in [-0.05, 0) is 51.1 Å². The highest BCUT2D eigenvalue weighted by Gasteiger charge is 2.37. The number of aryl methyl sites for hydroxylation is 2. The zero-order valence-electron chi connectivity index (χ0n) is 17.7. The minimum absolute atomic E-state index is 0.0148. The van der Waals surface area contributed by atoms with Crippen LogP contribution in [0.15, 0.2) is 42.5 Å². The van der Waals surface area contributed by atoms with Gasteiger partial charge < -0.3 is 10.1 Å². The van der Waals surface area contributed by atoms with Crippen LogP contribution in [-0.2, 0) is 17.1 Å². The summed E-state index contributed by atoms with van der Waals surface area (Å²) in [5.74, 6) is -1.49. The van der Waals surface area contributed by atoms with Gasteiger partial charge in [-0.1, -0.05) is 17.7 Å². The zero-order valence-corrected chi connectivity index (χ0v) is 17.7. The van der Waals surface area contributed by atoms with Crippen molar-refractivity contribution >= 4 is 11.6 Å². The van der Waals surface area contributed by atoms with Gasteiger partial charge in [0.25, 0.3) is 5.91 Å². The van der Waals surface area contributed by atoms with Crippen LogP contribution in [0.3, 0.4) is 0 Å². The molecular weight excluding hydrogens is 452 g/mol. The number of nitrogens with zero attached hydrogens (tertiary/aromatic N) is 2. The highest BCUT2D eigenvalue weighted by molar-refractivity contribution is 5.93. The SMILES string of the molecule is Cc1ccc(-n2nc(C)c(NC(=O)COc3cc(C(F)(F)F)cc(C(F)(F)F)c3)c2C)cc1. The molecule has 0 aliphatic heterocycles. The molecule has 0 spiro atoms. The molecule has 11 heteroatoms. The van der Waals surface area contributed by atoms with Gasteiger partial charge in [0.1, 0.15) is 5.75 Å². The Morgan fingerprint density at radius 1 is 0.939 bits per heavy atom. The average Bonchev–Trinajstić information content (AvgIpc) is 2.99. The highest BCUT2D eigenvalue weighted by Crippen LogP contribution is 2.38. The van der Waals surface area contributed by atoms with Gasteiger partial charge in [-0.3, -0.25) is 4.79 Å². The quantitative estimate of drug-likeness (QED) is 0.475. The second-order valence-corrected chi connectivity index (χ2v) is 7.37.